The van der Waals surface area contributed by atoms with Crippen LogP contribution in [0, 0.1) is 0 Å². The standard InChI is InChI=1S/C15H12BrClN2O2S/c1-9(20)18-10-2-5-12(17)13(8-10)19-15(21)7-4-11-3-6-14(16)22-11/h2-8H,1H3,(H,18,20)(H,19,21)/b7-4+. The maximum Gasteiger partial charge on any atom is 0.248 e. The van der Waals surface area contributed by atoms with E-state index in [1.165, 1.54) is 24.3 Å². The van der Waals surface area contributed by atoms with Gasteiger partial charge in [0.2, 0.25) is 11.8 Å². The zero-order valence-corrected chi connectivity index (χ0v) is 14.7. The molecule has 114 valence electrons. The summed E-state index contributed by atoms with van der Waals surface area (Å²) >= 11 is 10.9. The second-order valence-electron chi connectivity index (χ2n) is 4.34. The van der Waals surface area contributed by atoms with Gasteiger partial charge in [0.25, 0.3) is 0 Å². The van der Waals surface area contributed by atoms with Crippen molar-refractivity contribution in [1.29, 1.82) is 0 Å². The lowest BCUT2D eigenvalue weighted by Crippen LogP contribution is -2.10. The molecule has 0 spiro atoms. The van der Waals surface area contributed by atoms with Crippen LogP contribution in [0.15, 0.2) is 40.2 Å². The Morgan fingerprint density at radius 2 is 2.00 bits per heavy atom. The Hall–Kier alpha value is -1.63. The highest BCUT2D eigenvalue weighted by molar-refractivity contribution is 9.11. The number of amides is 2. The van der Waals surface area contributed by atoms with Crippen molar-refractivity contribution >= 4 is 68.1 Å². The second kappa shape index (κ2) is 7.58. The highest BCUT2D eigenvalue weighted by Crippen LogP contribution is 2.26. The molecule has 22 heavy (non-hydrogen) atoms. The van der Waals surface area contributed by atoms with E-state index in [0.717, 1.165) is 8.66 Å². The van der Waals surface area contributed by atoms with Gasteiger partial charge in [0.15, 0.2) is 0 Å². The van der Waals surface area contributed by atoms with Crippen LogP contribution in [0.3, 0.4) is 0 Å². The molecular formula is C15H12BrClN2O2S. The first-order chi connectivity index (χ1) is 10.4. The first kappa shape index (κ1) is 16.7. The van der Waals surface area contributed by atoms with Gasteiger partial charge in [-0.25, -0.2) is 0 Å². The van der Waals surface area contributed by atoms with E-state index in [2.05, 4.69) is 26.6 Å². The van der Waals surface area contributed by atoms with Gasteiger partial charge in [-0.1, -0.05) is 11.6 Å². The van der Waals surface area contributed by atoms with E-state index in [0.29, 0.717) is 16.4 Å². The monoisotopic (exact) mass is 398 g/mol. The summed E-state index contributed by atoms with van der Waals surface area (Å²) in [4.78, 5) is 23.9. The molecule has 2 amide bonds. The van der Waals surface area contributed by atoms with Gasteiger partial charge >= 0.3 is 0 Å². The van der Waals surface area contributed by atoms with Crippen LogP contribution in [-0.2, 0) is 9.59 Å². The Bertz CT molecular complexity index is 743. The third-order valence-corrected chi connectivity index (χ3v) is 4.46. The zero-order valence-electron chi connectivity index (χ0n) is 11.5. The Morgan fingerprint density at radius 3 is 2.64 bits per heavy atom. The van der Waals surface area contributed by atoms with Crippen LogP contribution in [0.1, 0.15) is 11.8 Å². The third kappa shape index (κ3) is 4.98. The number of hydrogen-bond donors (Lipinski definition) is 2. The van der Waals surface area contributed by atoms with Crippen molar-refractivity contribution in [2.45, 2.75) is 6.92 Å². The van der Waals surface area contributed by atoms with Crippen molar-refractivity contribution in [3.8, 4) is 0 Å². The summed E-state index contributed by atoms with van der Waals surface area (Å²) < 4.78 is 0.999. The molecule has 0 fully saturated rings. The smallest absolute Gasteiger partial charge is 0.248 e. The molecule has 4 nitrogen and oxygen atoms in total. The number of hydrogen-bond acceptors (Lipinski definition) is 3. The molecular weight excluding hydrogens is 388 g/mol. The molecule has 0 bridgehead atoms. The first-order valence-electron chi connectivity index (χ1n) is 6.25. The number of halogens is 2. The Balaban J connectivity index is 2.07. The summed E-state index contributed by atoms with van der Waals surface area (Å²) in [5.74, 6) is -0.492. The van der Waals surface area contributed by atoms with E-state index in [-0.39, 0.29) is 11.8 Å². The van der Waals surface area contributed by atoms with E-state index < -0.39 is 0 Å². The van der Waals surface area contributed by atoms with Crippen molar-refractivity contribution in [3.05, 3.63) is 50.1 Å². The molecule has 1 aromatic heterocycles. The van der Waals surface area contributed by atoms with Gasteiger partial charge in [0, 0.05) is 23.6 Å². The van der Waals surface area contributed by atoms with E-state index in [9.17, 15) is 9.59 Å². The van der Waals surface area contributed by atoms with Crippen LogP contribution in [-0.4, -0.2) is 11.8 Å². The maximum atomic E-state index is 11.9. The van der Waals surface area contributed by atoms with Crippen LogP contribution in [0.5, 0.6) is 0 Å². The average Bonchev–Trinajstić information content (AvgIpc) is 2.85. The summed E-state index contributed by atoms with van der Waals surface area (Å²) in [6.07, 6.45) is 3.15. The highest BCUT2D eigenvalue weighted by Gasteiger charge is 2.06. The minimum Gasteiger partial charge on any atom is -0.326 e. The summed E-state index contributed by atoms with van der Waals surface area (Å²) in [6.45, 7) is 1.41. The van der Waals surface area contributed by atoms with Crippen molar-refractivity contribution in [1.82, 2.24) is 0 Å². The number of thiophene rings is 1. The fourth-order valence-electron chi connectivity index (χ4n) is 1.65. The lowest BCUT2D eigenvalue weighted by molar-refractivity contribution is -0.114. The molecule has 0 saturated heterocycles. The summed E-state index contributed by atoms with van der Waals surface area (Å²) in [7, 11) is 0. The Labute approximate surface area is 145 Å². The third-order valence-electron chi connectivity index (χ3n) is 2.54. The molecule has 0 aliphatic heterocycles. The number of benzene rings is 1. The molecule has 0 unspecified atom stereocenters. The van der Waals surface area contributed by atoms with Gasteiger partial charge in [0.1, 0.15) is 0 Å². The summed E-state index contributed by atoms with van der Waals surface area (Å²) in [5, 5.41) is 5.72. The molecule has 0 saturated carbocycles. The number of nitrogens with one attached hydrogen (secondary N) is 2. The van der Waals surface area contributed by atoms with Gasteiger partial charge in [-0.2, -0.15) is 0 Å². The normalized spacial score (nSPS) is 10.7. The van der Waals surface area contributed by atoms with Gasteiger partial charge < -0.3 is 10.6 Å². The summed E-state index contributed by atoms with van der Waals surface area (Å²) in [6, 6.07) is 8.71. The number of anilines is 2. The predicted octanol–water partition coefficient (Wildman–Crippen LogP) is 4.77. The fraction of sp³-hybridized carbons (Fsp3) is 0.0667. The largest absolute Gasteiger partial charge is 0.326 e. The summed E-state index contributed by atoms with van der Waals surface area (Å²) in [5.41, 5.74) is 1.01. The van der Waals surface area contributed by atoms with Gasteiger partial charge in [0.05, 0.1) is 14.5 Å². The molecule has 2 rings (SSSR count). The predicted molar refractivity (Wildman–Crippen MR) is 95.4 cm³/mol. The average molecular weight is 400 g/mol. The molecule has 0 radical (unpaired) electrons. The minimum absolute atomic E-state index is 0.192. The van der Waals surface area contributed by atoms with E-state index in [1.54, 1.807) is 24.3 Å². The first-order valence-corrected chi connectivity index (χ1v) is 8.24. The van der Waals surface area contributed by atoms with Crippen LogP contribution in [0.25, 0.3) is 6.08 Å². The molecule has 2 N–H and O–H groups in total. The quantitative estimate of drug-likeness (QED) is 0.727. The topological polar surface area (TPSA) is 58.2 Å². The van der Waals surface area contributed by atoms with Crippen LogP contribution < -0.4 is 10.6 Å². The molecule has 1 aromatic carbocycles. The molecule has 0 aliphatic carbocycles. The maximum absolute atomic E-state index is 11.9. The molecule has 2 aromatic rings. The number of carbonyl (C=O) groups excluding carboxylic acids is 2. The molecule has 1 heterocycles. The SMILES string of the molecule is CC(=O)Nc1ccc(Cl)c(NC(=O)/C=C/c2ccc(Br)s2)c1. The molecule has 0 atom stereocenters. The molecule has 7 heteroatoms. The van der Waals surface area contributed by atoms with E-state index >= 15 is 0 Å². The van der Waals surface area contributed by atoms with E-state index in [4.69, 9.17) is 11.6 Å². The number of rotatable bonds is 4. The zero-order chi connectivity index (χ0) is 16.1. The fourth-order valence-corrected chi connectivity index (χ4v) is 3.14. The van der Waals surface area contributed by atoms with E-state index in [1.807, 2.05) is 12.1 Å². The molecule has 0 aliphatic rings. The minimum atomic E-state index is -0.300. The van der Waals surface area contributed by atoms with Gasteiger partial charge in [-0.3, -0.25) is 9.59 Å². The highest BCUT2D eigenvalue weighted by atomic mass is 79.9. The Morgan fingerprint density at radius 1 is 1.23 bits per heavy atom. The second-order valence-corrected chi connectivity index (χ2v) is 7.24. The van der Waals surface area contributed by atoms with Crippen molar-refractivity contribution in [2.24, 2.45) is 0 Å². The van der Waals surface area contributed by atoms with Crippen LogP contribution in [0.4, 0.5) is 11.4 Å². The van der Waals surface area contributed by atoms with Gasteiger partial charge in [-0.15, -0.1) is 11.3 Å². The lowest BCUT2D eigenvalue weighted by atomic mass is 10.2. The number of carbonyl (C=O) groups is 2. The lowest BCUT2D eigenvalue weighted by Gasteiger charge is -2.08. The Kier molecular flexibility index (Phi) is 5.76. The van der Waals surface area contributed by atoms with Crippen molar-refractivity contribution < 1.29 is 9.59 Å². The van der Waals surface area contributed by atoms with Crippen molar-refractivity contribution in [2.75, 3.05) is 10.6 Å². The van der Waals surface area contributed by atoms with Crippen LogP contribution in [0.2, 0.25) is 5.02 Å². The van der Waals surface area contributed by atoms with Crippen LogP contribution >= 0.6 is 38.9 Å². The van der Waals surface area contributed by atoms with Crippen molar-refractivity contribution in [3.63, 3.8) is 0 Å². The van der Waals surface area contributed by atoms with Gasteiger partial charge in [-0.05, 0) is 52.3 Å².